The highest BCUT2D eigenvalue weighted by Crippen LogP contribution is 2.24. The van der Waals surface area contributed by atoms with Crippen molar-refractivity contribution in [2.24, 2.45) is 0 Å². The summed E-state index contributed by atoms with van der Waals surface area (Å²) in [4.78, 5) is 0. The molecule has 0 bridgehead atoms. The van der Waals surface area contributed by atoms with Gasteiger partial charge in [0, 0.05) is 0 Å². The van der Waals surface area contributed by atoms with Gasteiger partial charge in [0.25, 0.3) is 9.84 Å². The second kappa shape index (κ2) is 3.93. The van der Waals surface area contributed by atoms with Crippen LogP contribution in [0.5, 0.6) is 0 Å². The lowest BCUT2D eigenvalue weighted by atomic mass is 10.7. The highest BCUT2D eigenvalue weighted by atomic mass is 32.2. The fourth-order valence-electron chi connectivity index (χ4n) is 0.334. The van der Waals surface area contributed by atoms with Gasteiger partial charge in [-0.1, -0.05) is 0 Å². The molecule has 3 nitrogen and oxygen atoms in total. The lowest BCUT2D eigenvalue weighted by Crippen LogP contribution is -2.29. The Hall–Kier alpha value is -0.510. The van der Waals surface area contributed by atoms with E-state index in [1.165, 1.54) is 0 Å². The van der Waals surface area contributed by atoms with Gasteiger partial charge >= 0.3 is 11.7 Å². The Morgan fingerprint density at radius 3 is 1.71 bits per heavy atom. The van der Waals surface area contributed by atoms with Crippen LogP contribution in [0, 0.1) is 0 Å². The lowest BCUT2D eigenvalue weighted by molar-refractivity contribution is -0.170. The number of alkyl halides is 6. The van der Waals surface area contributed by atoms with Crippen LogP contribution in [0.15, 0.2) is 0 Å². The molecule has 0 aromatic rings. The standard InChI is InChI=1S/C4H4F6O3S/c5-3(6,7)1-13-2-14(11,12)4(8,9)10/h1-2H2. The summed E-state index contributed by atoms with van der Waals surface area (Å²) in [5.41, 5.74) is -5.60. The Kier molecular flexibility index (Phi) is 3.78. The molecule has 0 rings (SSSR count). The van der Waals surface area contributed by atoms with E-state index in [0.29, 0.717) is 0 Å². The maximum atomic E-state index is 11.5. The molecule has 0 unspecified atom stereocenters. The molecule has 0 aromatic heterocycles. The zero-order valence-corrected chi connectivity index (χ0v) is 7.13. The zero-order chi connectivity index (χ0) is 11.6. The van der Waals surface area contributed by atoms with Crippen LogP contribution < -0.4 is 0 Å². The summed E-state index contributed by atoms with van der Waals surface area (Å²) in [5, 5.41) is 0. The summed E-state index contributed by atoms with van der Waals surface area (Å²) in [6.07, 6.45) is -4.86. The molecule has 0 spiro atoms. The second-order valence-electron chi connectivity index (χ2n) is 2.14. The summed E-state index contributed by atoms with van der Waals surface area (Å²) < 4.78 is 92.1. The minimum absolute atomic E-state index is 2.03. The molecule has 0 aliphatic rings. The van der Waals surface area contributed by atoms with Crippen LogP contribution in [-0.2, 0) is 14.6 Å². The van der Waals surface area contributed by atoms with Crippen LogP contribution in [0.3, 0.4) is 0 Å². The normalized spacial score (nSPS) is 14.4. The first-order chi connectivity index (χ1) is 5.96. The highest BCUT2D eigenvalue weighted by molar-refractivity contribution is 7.92. The second-order valence-corrected chi connectivity index (χ2v) is 4.07. The van der Waals surface area contributed by atoms with Crippen molar-refractivity contribution in [1.29, 1.82) is 0 Å². The van der Waals surface area contributed by atoms with Gasteiger partial charge in [-0.2, -0.15) is 26.3 Å². The Morgan fingerprint density at radius 2 is 1.43 bits per heavy atom. The Morgan fingerprint density at radius 1 is 1.00 bits per heavy atom. The third-order valence-corrected chi connectivity index (χ3v) is 2.04. The van der Waals surface area contributed by atoms with Crippen molar-refractivity contribution < 1.29 is 39.5 Å². The molecule has 0 radical (unpaired) electrons. The van der Waals surface area contributed by atoms with Crippen molar-refractivity contribution in [3.8, 4) is 0 Å². The number of hydrogen-bond donors (Lipinski definition) is 0. The molecular formula is C4H4F6O3S. The maximum Gasteiger partial charge on any atom is 0.499 e. The van der Waals surface area contributed by atoms with Gasteiger partial charge < -0.3 is 4.74 Å². The van der Waals surface area contributed by atoms with Gasteiger partial charge in [0.1, 0.15) is 6.61 Å². The molecule has 0 heterocycles. The van der Waals surface area contributed by atoms with Gasteiger partial charge in [-0.05, 0) is 0 Å². The lowest BCUT2D eigenvalue weighted by Gasteiger charge is -2.09. The van der Waals surface area contributed by atoms with Gasteiger partial charge in [-0.25, -0.2) is 8.42 Å². The minimum atomic E-state index is -5.64. The largest absolute Gasteiger partial charge is 0.499 e. The van der Waals surface area contributed by atoms with E-state index >= 15 is 0 Å². The highest BCUT2D eigenvalue weighted by Gasteiger charge is 2.46. The van der Waals surface area contributed by atoms with Crippen LogP contribution in [-0.4, -0.2) is 32.6 Å². The molecule has 10 heteroatoms. The molecule has 0 saturated heterocycles. The first-order valence-electron chi connectivity index (χ1n) is 2.89. The third-order valence-electron chi connectivity index (χ3n) is 0.857. The van der Waals surface area contributed by atoms with Crippen molar-refractivity contribution in [3.05, 3.63) is 0 Å². The van der Waals surface area contributed by atoms with Gasteiger partial charge in [0.15, 0.2) is 5.94 Å². The van der Waals surface area contributed by atoms with E-state index in [2.05, 4.69) is 4.74 Å². The molecule has 0 aliphatic carbocycles. The van der Waals surface area contributed by atoms with Crippen LogP contribution in [0.2, 0.25) is 0 Å². The number of hydrogen-bond acceptors (Lipinski definition) is 3. The monoisotopic (exact) mass is 246 g/mol. The van der Waals surface area contributed by atoms with E-state index < -0.39 is 34.1 Å². The predicted molar refractivity (Wildman–Crippen MR) is 31.8 cm³/mol. The van der Waals surface area contributed by atoms with Crippen LogP contribution in [0.4, 0.5) is 26.3 Å². The van der Waals surface area contributed by atoms with Crippen molar-refractivity contribution in [2.45, 2.75) is 11.7 Å². The molecule has 14 heavy (non-hydrogen) atoms. The van der Waals surface area contributed by atoms with E-state index in [1.54, 1.807) is 0 Å². The van der Waals surface area contributed by atoms with Crippen molar-refractivity contribution in [2.75, 3.05) is 12.5 Å². The molecule has 0 fully saturated rings. The Balaban J connectivity index is 4.17. The smallest absolute Gasteiger partial charge is 0.356 e. The third kappa shape index (κ3) is 4.65. The SMILES string of the molecule is O=S(=O)(COCC(F)(F)F)C(F)(F)F. The van der Waals surface area contributed by atoms with Crippen molar-refractivity contribution in [1.82, 2.24) is 0 Å². The number of halogens is 6. The molecule has 0 aliphatic heterocycles. The molecule has 0 aromatic carbocycles. The van der Waals surface area contributed by atoms with Gasteiger partial charge in [-0.15, -0.1) is 0 Å². The molecule has 86 valence electrons. The average molecular weight is 246 g/mol. The van der Waals surface area contributed by atoms with E-state index in [0.717, 1.165) is 0 Å². The zero-order valence-electron chi connectivity index (χ0n) is 6.31. The Bertz CT molecular complexity index is 274. The topological polar surface area (TPSA) is 43.4 Å². The van der Waals surface area contributed by atoms with Gasteiger partial charge in [-0.3, -0.25) is 0 Å². The van der Waals surface area contributed by atoms with Gasteiger partial charge in [0.05, 0.1) is 0 Å². The first kappa shape index (κ1) is 13.5. The van der Waals surface area contributed by atoms with Crippen LogP contribution in [0.1, 0.15) is 0 Å². The van der Waals surface area contributed by atoms with Crippen LogP contribution >= 0.6 is 0 Å². The van der Waals surface area contributed by atoms with Gasteiger partial charge in [0.2, 0.25) is 0 Å². The summed E-state index contributed by atoms with van der Waals surface area (Å²) in [6, 6.07) is 0. The van der Waals surface area contributed by atoms with Crippen LogP contribution in [0.25, 0.3) is 0 Å². The summed E-state index contributed by atoms with van der Waals surface area (Å²) in [6.45, 7) is -2.04. The Labute approximate surface area is 74.6 Å². The fourth-order valence-corrected chi connectivity index (χ4v) is 0.770. The molecular weight excluding hydrogens is 242 g/mol. The van der Waals surface area contributed by atoms with E-state index in [9.17, 15) is 34.8 Å². The number of ether oxygens (including phenoxy) is 1. The van der Waals surface area contributed by atoms with Crippen molar-refractivity contribution >= 4 is 9.84 Å². The van der Waals surface area contributed by atoms with E-state index in [-0.39, 0.29) is 0 Å². The summed E-state index contributed by atoms with van der Waals surface area (Å²) >= 11 is 0. The van der Waals surface area contributed by atoms with E-state index in [4.69, 9.17) is 0 Å². The fraction of sp³-hybridized carbons (Fsp3) is 1.00. The number of sulfone groups is 1. The molecule has 0 N–H and O–H groups in total. The van der Waals surface area contributed by atoms with Crippen molar-refractivity contribution in [3.63, 3.8) is 0 Å². The maximum absolute atomic E-state index is 11.5. The first-order valence-corrected chi connectivity index (χ1v) is 4.54. The molecule has 0 saturated carbocycles. The number of rotatable bonds is 3. The molecule has 0 amide bonds. The molecule has 0 atom stereocenters. The summed E-state index contributed by atoms with van der Waals surface area (Å²) in [7, 11) is -5.64. The van der Waals surface area contributed by atoms with E-state index in [1.807, 2.05) is 0 Å². The minimum Gasteiger partial charge on any atom is -0.356 e. The average Bonchev–Trinajstić information content (AvgIpc) is 1.80. The predicted octanol–water partition coefficient (Wildman–Crippen LogP) is 1.46. The summed E-state index contributed by atoms with van der Waals surface area (Å²) in [5.74, 6) is -2.03. The quantitative estimate of drug-likeness (QED) is 0.708.